The largest absolute Gasteiger partial charge is 0.507 e. The van der Waals surface area contributed by atoms with Crippen molar-refractivity contribution < 1.29 is 24.2 Å². The molecule has 7 nitrogen and oxygen atoms in total. The lowest BCUT2D eigenvalue weighted by Crippen LogP contribution is -2.15. The number of phenols is 1. The molecule has 4 aromatic rings. The molecular formula is C23H16N2O5. The number of carboxylic acid groups (broad SMARTS) is 1. The fourth-order valence-electron chi connectivity index (χ4n) is 3.05. The molecule has 3 N–H and O–H groups in total. The number of nitrogens with zero attached hydrogens (tertiary/aromatic N) is 1. The highest BCUT2D eigenvalue weighted by Gasteiger charge is 2.18. The minimum Gasteiger partial charge on any atom is -0.507 e. The number of benzene rings is 2. The van der Waals surface area contributed by atoms with Gasteiger partial charge in [-0.3, -0.25) is 9.78 Å². The van der Waals surface area contributed by atoms with Gasteiger partial charge in [0.1, 0.15) is 11.5 Å². The molecule has 0 aliphatic heterocycles. The quantitative estimate of drug-likeness (QED) is 0.449. The van der Waals surface area contributed by atoms with Crippen molar-refractivity contribution in [2.45, 2.75) is 0 Å². The first-order valence-corrected chi connectivity index (χ1v) is 8.99. The van der Waals surface area contributed by atoms with E-state index in [4.69, 9.17) is 4.42 Å². The predicted molar refractivity (Wildman–Crippen MR) is 110 cm³/mol. The summed E-state index contributed by atoms with van der Waals surface area (Å²) in [7, 11) is 0. The molecule has 0 saturated carbocycles. The van der Waals surface area contributed by atoms with Crippen LogP contribution in [0.5, 0.6) is 5.75 Å². The fourth-order valence-corrected chi connectivity index (χ4v) is 3.05. The molecule has 0 atom stereocenters. The maximum atomic E-state index is 12.9. The maximum absolute atomic E-state index is 12.9. The zero-order valence-electron chi connectivity index (χ0n) is 15.6. The molecule has 0 unspecified atom stereocenters. The summed E-state index contributed by atoms with van der Waals surface area (Å²) in [6.45, 7) is 0. The van der Waals surface area contributed by atoms with E-state index < -0.39 is 11.9 Å². The van der Waals surface area contributed by atoms with Gasteiger partial charge >= 0.3 is 5.97 Å². The molecule has 0 aliphatic rings. The standard InChI is InChI=1S/C23H16N2O5/c26-20-8-6-14(16-3-1-9-24-13-16)11-18(20)22(27)25-19-12-15(21-4-2-10-30-21)5-7-17(19)23(28)29/h1-13,26H,(H,25,27)(H,28,29). The van der Waals surface area contributed by atoms with Crippen molar-refractivity contribution in [2.24, 2.45) is 0 Å². The van der Waals surface area contributed by atoms with Gasteiger partial charge in [0.15, 0.2) is 0 Å². The Kier molecular flexibility index (Phi) is 5.00. The van der Waals surface area contributed by atoms with Crippen molar-refractivity contribution in [2.75, 3.05) is 5.32 Å². The summed E-state index contributed by atoms with van der Waals surface area (Å²) >= 11 is 0. The van der Waals surface area contributed by atoms with Crippen LogP contribution in [0.3, 0.4) is 0 Å². The average molecular weight is 400 g/mol. The van der Waals surface area contributed by atoms with Crippen molar-refractivity contribution >= 4 is 17.6 Å². The predicted octanol–water partition coefficient (Wildman–Crippen LogP) is 4.66. The number of aromatic carboxylic acids is 1. The topological polar surface area (TPSA) is 113 Å². The van der Waals surface area contributed by atoms with Gasteiger partial charge < -0.3 is 19.9 Å². The van der Waals surface area contributed by atoms with Crippen LogP contribution in [-0.4, -0.2) is 27.1 Å². The summed E-state index contributed by atoms with van der Waals surface area (Å²) in [5.41, 5.74) is 2.09. The van der Waals surface area contributed by atoms with Crippen LogP contribution < -0.4 is 5.32 Å². The molecule has 0 spiro atoms. The number of furan rings is 1. The molecule has 30 heavy (non-hydrogen) atoms. The molecule has 7 heteroatoms. The number of carbonyl (C=O) groups excluding carboxylic acids is 1. The first-order valence-electron chi connectivity index (χ1n) is 8.99. The average Bonchev–Trinajstić information content (AvgIpc) is 3.29. The number of carboxylic acids is 1. The third-order valence-corrected chi connectivity index (χ3v) is 4.54. The monoisotopic (exact) mass is 400 g/mol. The van der Waals surface area contributed by atoms with Gasteiger partial charge in [-0.1, -0.05) is 18.2 Å². The van der Waals surface area contributed by atoms with Gasteiger partial charge in [-0.25, -0.2) is 4.79 Å². The van der Waals surface area contributed by atoms with E-state index in [-0.39, 0.29) is 22.6 Å². The van der Waals surface area contributed by atoms with E-state index in [1.807, 2.05) is 6.07 Å². The van der Waals surface area contributed by atoms with Gasteiger partial charge in [0.05, 0.1) is 23.1 Å². The number of amides is 1. The van der Waals surface area contributed by atoms with Crippen molar-refractivity contribution in [1.29, 1.82) is 0 Å². The number of hydrogen-bond donors (Lipinski definition) is 3. The van der Waals surface area contributed by atoms with Crippen molar-refractivity contribution in [3.8, 4) is 28.2 Å². The molecule has 0 bridgehead atoms. The molecule has 0 radical (unpaired) electrons. The van der Waals surface area contributed by atoms with E-state index >= 15 is 0 Å². The Balaban J connectivity index is 1.70. The number of pyridine rings is 1. The summed E-state index contributed by atoms with van der Waals surface area (Å²) in [4.78, 5) is 28.6. The third kappa shape index (κ3) is 3.77. The van der Waals surface area contributed by atoms with Crippen LogP contribution in [0.15, 0.2) is 83.7 Å². The minimum absolute atomic E-state index is 0.0103. The molecule has 0 fully saturated rings. The minimum atomic E-state index is -1.19. The number of aromatic nitrogens is 1. The Bertz CT molecular complexity index is 1220. The highest BCUT2D eigenvalue weighted by Crippen LogP contribution is 2.29. The molecule has 1 amide bonds. The lowest BCUT2D eigenvalue weighted by Gasteiger charge is -2.12. The van der Waals surface area contributed by atoms with Crippen LogP contribution >= 0.6 is 0 Å². The smallest absolute Gasteiger partial charge is 0.337 e. The van der Waals surface area contributed by atoms with Crippen LogP contribution in [-0.2, 0) is 0 Å². The number of carbonyl (C=O) groups is 2. The Morgan fingerprint density at radius 3 is 2.43 bits per heavy atom. The molecule has 148 valence electrons. The molecule has 2 heterocycles. The van der Waals surface area contributed by atoms with Gasteiger partial charge in [-0.2, -0.15) is 0 Å². The summed E-state index contributed by atoms with van der Waals surface area (Å²) in [5.74, 6) is -1.52. The van der Waals surface area contributed by atoms with Gasteiger partial charge in [0.2, 0.25) is 0 Å². The number of rotatable bonds is 5. The Morgan fingerprint density at radius 1 is 0.900 bits per heavy atom. The summed E-state index contributed by atoms with van der Waals surface area (Å²) < 4.78 is 5.34. The van der Waals surface area contributed by atoms with Gasteiger partial charge in [-0.05, 0) is 48.0 Å². The fraction of sp³-hybridized carbons (Fsp3) is 0. The van der Waals surface area contributed by atoms with Crippen LogP contribution in [0.4, 0.5) is 5.69 Å². The van der Waals surface area contributed by atoms with Crippen LogP contribution in [0.25, 0.3) is 22.5 Å². The zero-order chi connectivity index (χ0) is 21.1. The normalized spacial score (nSPS) is 10.5. The zero-order valence-corrected chi connectivity index (χ0v) is 15.6. The molecule has 2 aromatic carbocycles. The summed E-state index contributed by atoms with van der Waals surface area (Å²) in [6.07, 6.45) is 4.78. The second kappa shape index (κ2) is 7.92. The lowest BCUT2D eigenvalue weighted by molar-refractivity contribution is 0.0698. The van der Waals surface area contributed by atoms with E-state index in [1.54, 1.807) is 42.7 Å². The van der Waals surface area contributed by atoms with Gasteiger partial charge in [-0.15, -0.1) is 0 Å². The van der Waals surface area contributed by atoms with Crippen molar-refractivity contribution in [3.05, 3.63) is 90.4 Å². The molecule has 0 saturated heterocycles. The maximum Gasteiger partial charge on any atom is 0.337 e. The SMILES string of the molecule is O=C(Nc1cc(-c2ccco2)ccc1C(=O)O)c1cc(-c2cccnc2)ccc1O. The van der Waals surface area contributed by atoms with Gasteiger partial charge in [0, 0.05) is 23.5 Å². The highest BCUT2D eigenvalue weighted by molar-refractivity contribution is 6.10. The van der Waals surface area contributed by atoms with Gasteiger partial charge in [0.25, 0.3) is 5.91 Å². The Hall–Kier alpha value is -4.39. The van der Waals surface area contributed by atoms with E-state index in [9.17, 15) is 19.8 Å². The molecule has 2 aromatic heterocycles. The van der Waals surface area contributed by atoms with Crippen molar-refractivity contribution in [3.63, 3.8) is 0 Å². The van der Waals surface area contributed by atoms with Crippen molar-refractivity contribution in [1.82, 2.24) is 4.98 Å². The number of hydrogen-bond acceptors (Lipinski definition) is 5. The summed E-state index contributed by atoms with van der Waals surface area (Å²) in [5, 5.41) is 22.3. The second-order valence-electron chi connectivity index (χ2n) is 6.47. The van der Waals surface area contributed by atoms with Crippen LogP contribution in [0, 0.1) is 0 Å². The highest BCUT2D eigenvalue weighted by atomic mass is 16.4. The molecule has 4 rings (SSSR count). The Labute approximate surface area is 171 Å². The van der Waals surface area contributed by atoms with E-state index in [1.165, 1.54) is 30.5 Å². The number of aromatic hydroxyl groups is 1. The Morgan fingerprint density at radius 2 is 1.73 bits per heavy atom. The van der Waals surface area contributed by atoms with Crippen LogP contribution in [0.1, 0.15) is 20.7 Å². The van der Waals surface area contributed by atoms with E-state index in [2.05, 4.69) is 10.3 Å². The summed E-state index contributed by atoms with van der Waals surface area (Å²) in [6, 6.07) is 16.1. The van der Waals surface area contributed by atoms with Crippen LogP contribution in [0.2, 0.25) is 0 Å². The third-order valence-electron chi connectivity index (χ3n) is 4.54. The number of anilines is 1. The number of nitrogens with one attached hydrogen (secondary N) is 1. The molecule has 0 aliphatic carbocycles. The second-order valence-corrected chi connectivity index (χ2v) is 6.47. The number of phenolic OH excluding ortho intramolecular Hbond substituents is 1. The molecular weight excluding hydrogens is 384 g/mol. The van der Waals surface area contributed by atoms with E-state index in [0.29, 0.717) is 16.9 Å². The first-order chi connectivity index (χ1) is 14.5. The van der Waals surface area contributed by atoms with E-state index in [0.717, 1.165) is 5.56 Å². The first kappa shape index (κ1) is 18.9. The lowest BCUT2D eigenvalue weighted by atomic mass is 10.0.